The van der Waals surface area contributed by atoms with Gasteiger partial charge in [0.2, 0.25) is 5.91 Å². The van der Waals surface area contributed by atoms with E-state index in [-0.39, 0.29) is 5.91 Å². The van der Waals surface area contributed by atoms with Gasteiger partial charge in [0, 0.05) is 26.3 Å². The quantitative estimate of drug-likeness (QED) is 0.846. The molecule has 1 aromatic rings. The first-order valence-electron chi connectivity index (χ1n) is 8.33. The average Bonchev–Trinajstić information content (AvgIpc) is 2.61. The number of rotatable bonds is 3. The van der Waals surface area contributed by atoms with E-state index in [0.29, 0.717) is 13.1 Å². The van der Waals surface area contributed by atoms with Gasteiger partial charge in [-0.15, -0.1) is 0 Å². The fraction of sp³-hybridized carbons (Fsp3) is 0.647. The summed E-state index contributed by atoms with van der Waals surface area (Å²) in [6.45, 7) is 1.86. The van der Waals surface area contributed by atoms with Crippen molar-refractivity contribution in [1.29, 1.82) is 5.26 Å². The number of hydrogen-bond donors (Lipinski definition) is 0. The number of nitrogens with zero attached hydrogens (tertiary/aromatic N) is 5. The minimum absolute atomic E-state index is 0.0333. The van der Waals surface area contributed by atoms with Crippen LogP contribution in [-0.2, 0) is 17.8 Å². The third kappa shape index (κ3) is 3.20. The number of aromatic nitrogens is 2. The fourth-order valence-corrected chi connectivity index (χ4v) is 3.63. The SMILES string of the molecule is CN(C(=O)CN1CCc2cncnc2C1)C1(C#N)CCCCC1. The van der Waals surface area contributed by atoms with E-state index in [1.54, 1.807) is 18.3 Å². The van der Waals surface area contributed by atoms with Crippen LogP contribution in [0.4, 0.5) is 0 Å². The molecule has 122 valence electrons. The van der Waals surface area contributed by atoms with Crippen molar-refractivity contribution in [3.8, 4) is 6.07 Å². The zero-order valence-corrected chi connectivity index (χ0v) is 13.7. The summed E-state index contributed by atoms with van der Waals surface area (Å²) in [5.41, 5.74) is 1.57. The fourth-order valence-electron chi connectivity index (χ4n) is 3.63. The Morgan fingerprint density at radius 2 is 2.22 bits per heavy atom. The number of carbonyl (C=O) groups is 1. The van der Waals surface area contributed by atoms with Crippen molar-refractivity contribution in [2.45, 2.75) is 50.6 Å². The van der Waals surface area contributed by atoms with Crippen LogP contribution in [0.15, 0.2) is 12.5 Å². The maximum Gasteiger partial charge on any atom is 0.237 e. The predicted octanol–water partition coefficient (Wildman–Crippen LogP) is 1.52. The molecule has 0 N–H and O–H groups in total. The second-order valence-electron chi connectivity index (χ2n) is 6.61. The Balaban J connectivity index is 1.64. The number of carbonyl (C=O) groups excluding carboxylic acids is 1. The second kappa shape index (κ2) is 6.63. The van der Waals surface area contributed by atoms with Gasteiger partial charge in [-0.05, 0) is 24.8 Å². The summed E-state index contributed by atoms with van der Waals surface area (Å²) in [4.78, 5) is 24.9. The van der Waals surface area contributed by atoms with Gasteiger partial charge in [-0.2, -0.15) is 5.26 Å². The third-order valence-corrected chi connectivity index (χ3v) is 5.22. The molecular formula is C17H23N5O. The summed E-state index contributed by atoms with van der Waals surface area (Å²) in [7, 11) is 1.79. The van der Waals surface area contributed by atoms with Crippen molar-refractivity contribution in [2.24, 2.45) is 0 Å². The molecule has 1 saturated carbocycles. The lowest BCUT2D eigenvalue weighted by molar-refractivity contribution is -0.136. The second-order valence-corrected chi connectivity index (χ2v) is 6.61. The van der Waals surface area contributed by atoms with Crippen LogP contribution in [0.2, 0.25) is 0 Å². The van der Waals surface area contributed by atoms with Gasteiger partial charge in [0.15, 0.2) is 0 Å². The molecule has 1 aliphatic carbocycles. The standard InChI is InChI=1S/C17H23N5O/c1-21(17(12-18)6-3-2-4-7-17)16(23)11-22-8-5-14-9-19-13-20-15(14)10-22/h9,13H,2-8,10-11H2,1H3. The van der Waals surface area contributed by atoms with Crippen LogP contribution in [0.3, 0.4) is 0 Å². The minimum atomic E-state index is -0.606. The van der Waals surface area contributed by atoms with Crippen LogP contribution in [-0.4, -0.2) is 51.4 Å². The molecular weight excluding hydrogens is 290 g/mol. The molecule has 6 nitrogen and oxygen atoms in total. The van der Waals surface area contributed by atoms with Crippen molar-refractivity contribution < 1.29 is 4.79 Å². The zero-order chi connectivity index (χ0) is 16.3. The molecule has 2 heterocycles. The van der Waals surface area contributed by atoms with Crippen LogP contribution < -0.4 is 0 Å². The Morgan fingerprint density at radius 1 is 1.43 bits per heavy atom. The molecule has 23 heavy (non-hydrogen) atoms. The summed E-state index contributed by atoms with van der Waals surface area (Å²) in [6, 6.07) is 2.42. The van der Waals surface area contributed by atoms with Crippen molar-refractivity contribution in [3.05, 3.63) is 23.8 Å². The van der Waals surface area contributed by atoms with Gasteiger partial charge < -0.3 is 4.90 Å². The maximum atomic E-state index is 12.7. The first kappa shape index (κ1) is 15.9. The van der Waals surface area contributed by atoms with Crippen LogP contribution in [0.5, 0.6) is 0 Å². The molecule has 0 spiro atoms. The number of hydrogen-bond acceptors (Lipinski definition) is 5. The van der Waals surface area contributed by atoms with Gasteiger partial charge in [-0.3, -0.25) is 9.69 Å². The highest BCUT2D eigenvalue weighted by atomic mass is 16.2. The lowest BCUT2D eigenvalue weighted by atomic mass is 9.81. The first-order valence-corrected chi connectivity index (χ1v) is 8.33. The number of likely N-dealkylation sites (N-methyl/N-ethyl adjacent to an activating group) is 1. The molecule has 0 saturated heterocycles. The molecule has 2 aliphatic rings. The normalized spacial score (nSPS) is 20.3. The smallest absolute Gasteiger partial charge is 0.237 e. The molecule has 1 fully saturated rings. The van der Waals surface area contributed by atoms with Crippen molar-refractivity contribution in [3.63, 3.8) is 0 Å². The Hall–Kier alpha value is -2.00. The van der Waals surface area contributed by atoms with Gasteiger partial charge >= 0.3 is 0 Å². The van der Waals surface area contributed by atoms with E-state index in [1.807, 2.05) is 6.20 Å². The predicted molar refractivity (Wildman–Crippen MR) is 85.2 cm³/mol. The minimum Gasteiger partial charge on any atom is -0.326 e. The van der Waals surface area contributed by atoms with Crippen LogP contribution in [0.25, 0.3) is 0 Å². The average molecular weight is 313 g/mol. The first-order chi connectivity index (χ1) is 11.1. The summed E-state index contributed by atoms with van der Waals surface area (Å²) in [5, 5.41) is 9.62. The van der Waals surface area contributed by atoms with Gasteiger partial charge in [0.05, 0.1) is 18.3 Å². The van der Waals surface area contributed by atoms with E-state index in [4.69, 9.17) is 0 Å². The summed E-state index contributed by atoms with van der Waals surface area (Å²) >= 11 is 0. The van der Waals surface area contributed by atoms with Crippen molar-refractivity contribution in [2.75, 3.05) is 20.1 Å². The Labute approximate surface area is 137 Å². The van der Waals surface area contributed by atoms with E-state index in [2.05, 4.69) is 20.9 Å². The molecule has 0 aromatic carbocycles. The lowest BCUT2D eigenvalue weighted by Crippen LogP contribution is -2.53. The number of nitriles is 1. The molecule has 3 rings (SSSR count). The van der Waals surface area contributed by atoms with Crippen LogP contribution in [0, 0.1) is 11.3 Å². The Morgan fingerprint density at radius 3 is 2.96 bits per heavy atom. The summed E-state index contributed by atoms with van der Waals surface area (Å²) < 4.78 is 0. The summed E-state index contributed by atoms with van der Waals surface area (Å²) in [5.74, 6) is 0.0333. The third-order valence-electron chi connectivity index (χ3n) is 5.22. The maximum absolute atomic E-state index is 12.7. The van der Waals surface area contributed by atoms with E-state index in [9.17, 15) is 10.1 Å². The molecule has 1 aliphatic heterocycles. The highest BCUT2D eigenvalue weighted by Gasteiger charge is 2.39. The molecule has 0 atom stereocenters. The number of amides is 1. The largest absolute Gasteiger partial charge is 0.326 e. The van der Waals surface area contributed by atoms with Crippen LogP contribution in [0.1, 0.15) is 43.4 Å². The van der Waals surface area contributed by atoms with E-state index < -0.39 is 5.54 Å². The Kier molecular flexibility index (Phi) is 4.58. The van der Waals surface area contributed by atoms with Gasteiger partial charge in [-0.25, -0.2) is 9.97 Å². The van der Waals surface area contributed by atoms with E-state index in [0.717, 1.165) is 50.8 Å². The molecule has 0 radical (unpaired) electrons. The highest BCUT2D eigenvalue weighted by Crippen LogP contribution is 2.32. The van der Waals surface area contributed by atoms with Crippen molar-refractivity contribution >= 4 is 5.91 Å². The van der Waals surface area contributed by atoms with E-state index >= 15 is 0 Å². The molecule has 1 amide bonds. The Bertz CT molecular complexity index is 618. The molecule has 0 unspecified atom stereocenters. The lowest BCUT2D eigenvalue weighted by Gasteiger charge is -2.40. The van der Waals surface area contributed by atoms with E-state index in [1.165, 1.54) is 5.56 Å². The number of fused-ring (bicyclic) bond motifs is 1. The van der Waals surface area contributed by atoms with Gasteiger partial charge in [0.25, 0.3) is 0 Å². The van der Waals surface area contributed by atoms with Gasteiger partial charge in [-0.1, -0.05) is 19.3 Å². The van der Waals surface area contributed by atoms with Crippen LogP contribution >= 0.6 is 0 Å². The molecule has 6 heteroatoms. The van der Waals surface area contributed by atoms with Crippen molar-refractivity contribution in [1.82, 2.24) is 19.8 Å². The molecule has 1 aromatic heterocycles. The summed E-state index contributed by atoms with van der Waals surface area (Å²) in [6.07, 6.45) is 9.09. The van der Waals surface area contributed by atoms with Gasteiger partial charge in [0.1, 0.15) is 11.9 Å². The topological polar surface area (TPSA) is 73.1 Å². The molecule has 0 bridgehead atoms. The zero-order valence-electron chi connectivity index (χ0n) is 13.7. The monoisotopic (exact) mass is 313 g/mol. The highest BCUT2D eigenvalue weighted by molar-refractivity contribution is 5.79.